The molecule has 0 aromatic rings. The van der Waals surface area contributed by atoms with Gasteiger partial charge in [0.05, 0.1) is 0 Å². The van der Waals surface area contributed by atoms with Gasteiger partial charge in [-0.1, -0.05) is 0 Å². The maximum absolute atomic E-state index is 11.0. The van der Waals surface area contributed by atoms with Crippen molar-refractivity contribution < 1.29 is 18.9 Å². The van der Waals surface area contributed by atoms with Gasteiger partial charge < -0.3 is 15.7 Å². The van der Waals surface area contributed by atoms with E-state index < -0.39 is 28.8 Å². The van der Waals surface area contributed by atoms with Crippen LogP contribution in [-0.2, 0) is 15.6 Å². The van der Waals surface area contributed by atoms with Gasteiger partial charge in [0, 0.05) is 29.4 Å². The number of carbonyl (C=O) groups is 2. The Kier molecular flexibility index (Phi) is 5.86. The molecule has 3 N–H and O–H groups in total. The minimum absolute atomic E-state index is 0.265. The molecule has 0 bridgehead atoms. The molecule has 1 unspecified atom stereocenters. The van der Waals surface area contributed by atoms with Crippen LogP contribution in [-0.4, -0.2) is 45.9 Å². The lowest BCUT2D eigenvalue weighted by Gasteiger charge is -2.09. The predicted molar refractivity (Wildman–Crippen MR) is 52.6 cm³/mol. The molecule has 0 aliphatic carbocycles. The smallest absolute Gasteiger partial charge is 0.325 e. The van der Waals surface area contributed by atoms with E-state index in [1.54, 1.807) is 0 Å². The summed E-state index contributed by atoms with van der Waals surface area (Å²) in [7, 11) is -0.962. The number of carbonyl (C=O) groups excluding carboxylic acids is 1. The number of rotatable bonds is 5. The normalized spacial score (nSPS) is 14.1. The summed E-state index contributed by atoms with van der Waals surface area (Å²) in [5.41, 5.74) is 0. The van der Waals surface area contributed by atoms with Gasteiger partial charge in [0.15, 0.2) is 0 Å². The van der Waals surface area contributed by atoms with Crippen molar-refractivity contribution in [2.75, 3.05) is 18.6 Å². The van der Waals surface area contributed by atoms with Crippen molar-refractivity contribution in [1.29, 1.82) is 0 Å². The van der Waals surface area contributed by atoms with Gasteiger partial charge in [-0.05, 0) is 6.92 Å². The summed E-state index contributed by atoms with van der Waals surface area (Å²) >= 11 is 0. The van der Waals surface area contributed by atoms with Crippen molar-refractivity contribution in [1.82, 2.24) is 10.6 Å². The number of amides is 2. The minimum Gasteiger partial charge on any atom is -0.480 e. The van der Waals surface area contributed by atoms with Crippen LogP contribution in [0.2, 0.25) is 0 Å². The van der Waals surface area contributed by atoms with E-state index in [-0.39, 0.29) is 6.54 Å². The summed E-state index contributed by atoms with van der Waals surface area (Å²) in [6.45, 7) is 1.63. The van der Waals surface area contributed by atoms with Crippen LogP contribution in [0, 0.1) is 0 Å². The molecule has 0 heterocycles. The van der Waals surface area contributed by atoms with E-state index in [1.807, 2.05) is 0 Å². The maximum Gasteiger partial charge on any atom is 0.325 e. The summed E-state index contributed by atoms with van der Waals surface area (Å²) in [5.74, 6) is -0.742. The zero-order chi connectivity index (χ0) is 11.1. The fourth-order valence-corrected chi connectivity index (χ4v) is 1.01. The molecule has 0 radical (unpaired) electrons. The summed E-state index contributed by atoms with van der Waals surface area (Å²) in [6.07, 6.45) is 1.53. The Labute approximate surface area is 84.5 Å². The van der Waals surface area contributed by atoms with Crippen LogP contribution in [0.15, 0.2) is 0 Å². The van der Waals surface area contributed by atoms with Gasteiger partial charge in [0.2, 0.25) is 0 Å². The quantitative estimate of drug-likeness (QED) is 0.564. The van der Waals surface area contributed by atoms with Crippen molar-refractivity contribution >= 4 is 22.8 Å². The lowest BCUT2D eigenvalue weighted by atomic mass is 10.3. The lowest BCUT2D eigenvalue weighted by Crippen LogP contribution is -2.45. The molecule has 14 heavy (non-hydrogen) atoms. The van der Waals surface area contributed by atoms with Gasteiger partial charge in [-0.25, -0.2) is 4.79 Å². The highest BCUT2D eigenvalue weighted by Crippen LogP contribution is 1.80. The minimum atomic E-state index is -1.10. The largest absolute Gasteiger partial charge is 0.480 e. The van der Waals surface area contributed by atoms with E-state index in [1.165, 1.54) is 13.2 Å². The summed E-state index contributed by atoms with van der Waals surface area (Å²) in [4.78, 5) is 21.3. The summed E-state index contributed by atoms with van der Waals surface area (Å²) < 4.78 is 10.6. The molecule has 82 valence electrons. The Bertz CT molecular complexity index is 244. The first-order valence-corrected chi connectivity index (χ1v) is 5.73. The summed E-state index contributed by atoms with van der Waals surface area (Å²) in [6, 6.07) is -1.49. The fraction of sp³-hybridized carbons (Fsp3) is 0.714. The Morgan fingerprint density at radius 2 is 2.07 bits per heavy atom. The highest BCUT2D eigenvalue weighted by atomic mass is 32.2. The number of nitrogens with one attached hydrogen (secondary N) is 2. The van der Waals surface area contributed by atoms with Crippen LogP contribution in [0.25, 0.3) is 0 Å². The van der Waals surface area contributed by atoms with E-state index in [4.69, 9.17) is 5.11 Å². The van der Waals surface area contributed by atoms with Crippen LogP contribution in [0.1, 0.15) is 6.92 Å². The number of aliphatic carboxylic acids is 1. The first-order valence-electron chi connectivity index (χ1n) is 4.00. The van der Waals surface area contributed by atoms with Crippen molar-refractivity contribution in [3.8, 4) is 0 Å². The zero-order valence-corrected chi connectivity index (χ0v) is 8.89. The van der Waals surface area contributed by atoms with Gasteiger partial charge in [-0.15, -0.1) is 0 Å². The number of urea groups is 1. The molecular formula is C7H14N2O4S. The van der Waals surface area contributed by atoms with Gasteiger partial charge in [-0.2, -0.15) is 0 Å². The lowest BCUT2D eigenvalue weighted by molar-refractivity contribution is -0.138. The molecule has 0 spiro atoms. The molecule has 0 aliphatic heterocycles. The maximum atomic E-state index is 11.0. The van der Waals surface area contributed by atoms with E-state index in [0.717, 1.165) is 0 Å². The van der Waals surface area contributed by atoms with E-state index in [2.05, 4.69) is 10.6 Å². The second-order valence-electron chi connectivity index (χ2n) is 2.74. The molecule has 6 nitrogen and oxygen atoms in total. The van der Waals surface area contributed by atoms with Gasteiger partial charge in [-0.3, -0.25) is 9.00 Å². The third kappa shape index (κ3) is 6.41. The number of carboxylic acids is 1. The monoisotopic (exact) mass is 222 g/mol. The second kappa shape index (κ2) is 6.36. The molecule has 0 rings (SSSR count). The molecule has 0 aromatic carbocycles. The molecule has 2 amide bonds. The Morgan fingerprint density at radius 3 is 2.50 bits per heavy atom. The molecule has 0 aliphatic rings. The van der Waals surface area contributed by atoms with Crippen molar-refractivity contribution in [3.05, 3.63) is 0 Å². The first-order chi connectivity index (χ1) is 6.43. The average molecular weight is 222 g/mol. The SMILES string of the molecule is C[C@@H](NC(=O)NCCS(C)=O)C(=O)O. The third-order valence-corrected chi connectivity index (χ3v) is 2.17. The van der Waals surface area contributed by atoms with Crippen LogP contribution in [0.4, 0.5) is 4.79 Å². The van der Waals surface area contributed by atoms with Crippen molar-refractivity contribution in [2.45, 2.75) is 13.0 Å². The van der Waals surface area contributed by atoms with E-state index in [9.17, 15) is 13.8 Å². The van der Waals surface area contributed by atoms with Crippen LogP contribution >= 0.6 is 0 Å². The fourth-order valence-electron chi connectivity index (χ4n) is 0.618. The molecule has 0 fully saturated rings. The molecule has 0 aromatic heterocycles. The van der Waals surface area contributed by atoms with Gasteiger partial charge in [0.25, 0.3) is 0 Å². The highest BCUT2D eigenvalue weighted by molar-refractivity contribution is 7.84. The molecular weight excluding hydrogens is 208 g/mol. The topological polar surface area (TPSA) is 95.5 Å². The first kappa shape index (κ1) is 12.9. The highest BCUT2D eigenvalue weighted by Gasteiger charge is 2.12. The van der Waals surface area contributed by atoms with E-state index >= 15 is 0 Å². The molecule has 0 saturated carbocycles. The number of hydrogen-bond donors (Lipinski definition) is 3. The Balaban J connectivity index is 3.65. The zero-order valence-electron chi connectivity index (χ0n) is 8.07. The van der Waals surface area contributed by atoms with Crippen LogP contribution < -0.4 is 10.6 Å². The summed E-state index contributed by atoms with van der Waals surface area (Å²) in [5, 5.41) is 13.1. The van der Waals surface area contributed by atoms with Crippen LogP contribution in [0.3, 0.4) is 0 Å². The third-order valence-electron chi connectivity index (χ3n) is 1.39. The number of carboxylic acid groups (broad SMARTS) is 1. The second-order valence-corrected chi connectivity index (χ2v) is 4.29. The van der Waals surface area contributed by atoms with Gasteiger partial charge >= 0.3 is 12.0 Å². The van der Waals surface area contributed by atoms with Crippen molar-refractivity contribution in [3.63, 3.8) is 0 Å². The number of hydrogen-bond acceptors (Lipinski definition) is 3. The molecule has 7 heteroatoms. The molecule has 0 saturated heterocycles. The predicted octanol–water partition coefficient (Wildman–Crippen LogP) is -0.863. The average Bonchev–Trinajstić information content (AvgIpc) is 2.02. The Hall–Kier alpha value is -1.11. The standard InChI is InChI=1S/C7H14N2O4S/c1-5(6(10)11)9-7(12)8-3-4-14(2)13/h5H,3-4H2,1-2H3,(H,10,11)(H2,8,9,12)/t5-,14?/m1/s1. The van der Waals surface area contributed by atoms with Gasteiger partial charge in [0.1, 0.15) is 6.04 Å². The molecule has 2 atom stereocenters. The van der Waals surface area contributed by atoms with E-state index in [0.29, 0.717) is 5.75 Å². The van der Waals surface area contributed by atoms with Crippen molar-refractivity contribution in [2.24, 2.45) is 0 Å². The Morgan fingerprint density at radius 1 is 1.50 bits per heavy atom. The van der Waals surface area contributed by atoms with Crippen LogP contribution in [0.5, 0.6) is 0 Å².